The molecule has 0 N–H and O–H groups in total. The molecule has 0 unspecified atom stereocenters. The minimum Gasteiger partial charge on any atom is -0.496 e. The Morgan fingerprint density at radius 3 is 2.81 bits per heavy atom. The molecule has 1 aromatic carbocycles. The second-order valence-corrected chi connectivity index (χ2v) is 5.56. The molecule has 0 bridgehead atoms. The zero-order valence-corrected chi connectivity index (χ0v) is 13.6. The van der Waals surface area contributed by atoms with Crippen molar-refractivity contribution < 1.29 is 9.53 Å². The fraction of sp³-hybridized carbons (Fsp3) is 0.250. The van der Waals surface area contributed by atoms with Crippen molar-refractivity contribution in [1.29, 1.82) is 0 Å². The molecule has 0 fully saturated rings. The summed E-state index contributed by atoms with van der Waals surface area (Å²) >= 11 is 3.37. The number of amides is 1. The van der Waals surface area contributed by atoms with Crippen LogP contribution in [0.4, 0.5) is 0 Å². The van der Waals surface area contributed by atoms with E-state index in [4.69, 9.17) is 4.74 Å². The Bertz CT molecular complexity index is 617. The predicted octanol–water partition coefficient (Wildman–Crippen LogP) is 3.17. The first-order valence-electron chi connectivity index (χ1n) is 6.60. The van der Waals surface area contributed by atoms with Gasteiger partial charge in [0.1, 0.15) is 5.75 Å². The number of aromatic nitrogens is 1. The van der Waals surface area contributed by atoms with E-state index in [-0.39, 0.29) is 5.91 Å². The third kappa shape index (κ3) is 4.04. The maximum Gasteiger partial charge on any atom is 0.257 e. The topological polar surface area (TPSA) is 42.4 Å². The molecule has 0 radical (unpaired) electrons. The van der Waals surface area contributed by atoms with Gasteiger partial charge in [0.25, 0.3) is 5.91 Å². The number of methoxy groups -OCH3 is 1. The van der Waals surface area contributed by atoms with Gasteiger partial charge in [-0.15, -0.1) is 0 Å². The minimum atomic E-state index is -0.0599. The molecule has 0 aliphatic rings. The molecule has 2 aromatic rings. The number of pyridine rings is 1. The summed E-state index contributed by atoms with van der Waals surface area (Å²) < 4.78 is 6.15. The minimum absolute atomic E-state index is 0.0599. The van der Waals surface area contributed by atoms with Gasteiger partial charge in [-0.3, -0.25) is 9.78 Å². The van der Waals surface area contributed by atoms with Crippen LogP contribution in [0.2, 0.25) is 0 Å². The number of benzene rings is 1. The first kappa shape index (κ1) is 15.5. The highest BCUT2D eigenvalue weighted by molar-refractivity contribution is 9.10. The molecule has 110 valence electrons. The van der Waals surface area contributed by atoms with Crippen molar-refractivity contribution >= 4 is 21.8 Å². The van der Waals surface area contributed by atoms with Crippen molar-refractivity contribution in [2.24, 2.45) is 0 Å². The zero-order chi connectivity index (χ0) is 15.2. The van der Waals surface area contributed by atoms with E-state index in [1.165, 1.54) is 0 Å². The molecule has 1 aromatic heterocycles. The summed E-state index contributed by atoms with van der Waals surface area (Å²) in [4.78, 5) is 18.4. The Hall–Kier alpha value is -1.88. The number of carbonyl (C=O) groups excluding carboxylic acids is 1. The lowest BCUT2D eigenvalue weighted by atomic mass is 10.1. The molecule has 0 spiro atoms. The van der Waals surface area contributed by atoms with Crippen molar-refractivity contribution in [3.8, 4) is 5.75 Å². The predicted molar refractivity (Wildman–Crippen MR) is 85.6 cm³/mol. The molecule has 0 saturated heterocycles. The number of halogens is 1. The first-order valence-corrected chi connectivity index (χ1v) is 7.40. The maximum absolute atomic E-state index is 12.5. The van der Waals surface area contributed by atoms with Crippen LogP contribution in [0.3, 0.4) is 0 Å². The van der Waals surface area contributed by atoms with Gasteiger partial charge < -0.3 is 9.64 Å². The Morgan fingerprint density at radius 1 is 1.33 bits per heavy atom. The van der Waals surface area contributed by atoms with Crippen LogP contribution in [0.15, 0.2) is 47.1 Å². The summed E-state index contributed by atoms with van der Waals surface area (Å²) in [6.45, 7) is 0.606. The van der Waals surface area contributed by atoms with E-state index in [1.807, 2.05) is 24.3 Å². The molecule has 0 aliphatic carbocycles. The van der Waals surface area contributed by atoms with Crippen LogP contribution in [-0.4, -0.2) is 36.5 Å². The van der Waals surface area contributed by atoms with Gasteiger partial charge in [0, 0.05) is 36.4 Å². The van der Waals surface area contributed by atoms with Gasteiger partial charge in [-0.25, -0.2) is 0 Å². The Morgan fingerprint density at radius 2 is 2.14 bits per heavy atom. The molecule has 1 amide bonds. The highest BCUT2D eigenvalue weighted by Gasteiger charge is 2.16. The van der Waals surface area contributed by atoms with E-state index < -0.39 is 0 Å². The summed E-state index contributed by atoms with van der Waals surface area (Å²) in [6.07, 6.45) is 2.48. The average Bonchev–Trinajstić information content (AvgIpc) is 2.52. The standard InChI is InChI=1S/C16H17BrN2O2/c1-19(10-8-13-5-3-4-9-18-13)16(20)14-7-6-12(17)11-15(14)21-2/h3-7,9,11H,8,10H2,1-2H3. The van der Waals surface area contributed by atoms with E-state index in [0.717, 1.165) is 16.6 Å². The lowest BCUT2D eigenvalue weighted by Gasteiger charge is -2.18. The van der Waals surface area contributed by atoms with Crippen LogP contribution in [0, 0.1) is 0 Å². The molecule has 0 aliphatic heterocycles. The number of rotatable bonds is 5. The maximum atomic E-state index is 12.5. The van der Waals surface area contributed by atoms with E-state index >= 15 is 0 Å². The summed E-state index contributed by atoms with van der Waals surface area (Å²) in [7, 11) is 3.35. The van der Waals surface area contributed by atoms with Crippen LogP contribution in [-0.2, 0) is 6.42 Å². The van der Waals surface area contributed by atoms with Gasteiger partial charge in [-0.05, 0) is 30.3 Å². The van der Waals surface area contributed by atoms with Gasteiger partial charge in [-0.1, -0.05) is 22.0 Å². The van der Waals surface area contributed by atoms with E-state index in [1.54, 1.807) is 37.4 Å². The number of ether oxygens (including phenoxy) is 1. The highest BCUT2D eigenvalue weighted by Crippen LogP contribution is 2.24. The monoisotopic (exact) mass is 348 g/mol. The van der Waals surface area contributed by atoms with Crippen LogP contribution in [0.25, 0.3) is 0 Å². The molecule has 5 heteroatoms. The van der Waals surface area contributed by atoms with Gasteiger partial charge in [-0.2, -0.15) is 0 Å². The van der Waals surface area contributed by atoms with Gasteiger partial charge in [0.05, 0.1) is 12.7 Å². The molecule has 0 atom stereocenters. The molecule has 1 heterocycles. The first-order chi connectivity index (χ1) is 10.1. The van der Waals surface area contributed by atoms with Crippen LogP contribution < -0.4 is 4.74 Å². The SMILES string of the molecule is COc1cc(Br)ccc1C(=O)N(C)CCc1ccccn1. The highest BCUT2D eigenvalue weighted by atomic mass is 79.9. The van der Waals surface area contributed by atoms with Gasteiger partial charge in [0.2, 0.25) is 0 Å². The van der Waals surface area contributed by atoms with Crippen LogP contribution in [0.5, 0.6) is 5.75 Å². The normalized spacial score (nSPS) is 10.2. The van der Waals surface area contributed by atoms with Crippen molar-refractivity contribution in [3.63, 3.8) is 0 Å². The summed E-state index contributed by atoms with van der Waals surface area (Å²) in [5, 5.41) is 0. The quantitative estimate of drug-likeness (QED) is 0.833. The zero-order valence-electron chi connectivity index (χ0n) is 12.0. The molecular formula is C16H17BrN2O2. The largest absolute Gasteiger partial charge is 0.496 e. The van der Waals surface area contributed by atoms with E-state index in [0.29, 0.717) is 17.9 Å². The molecule has 21 heavy (non-hydrogen) atoms. The fourth-order valence-corrected chi connectivity index (χ4v) is 2.32. The number of hydrogen-bond acceptors (Lipinski definition) is 3. The number of hydrogen-bond donors (Lipinski definition) is 0. The third-order valence-electron chi connectivity index (χ3n) is 3.17. The van der Waals surface area contributed by atoms with Crippen molar-refractivity contribution in [2.75, 3.05) is 20.7 Å². The summed E-state index contributed by atoms with van der Waals surface area (Å²) in [5.74, 6) is 0.509. The third-order valence-corrected chi connectivity index (χ3v) is 3.66. The molecular weight excluding hydrogens is 332 g/mol. The lowest BCUT2D eigenvalue weighted by molar-refractivity contribution is 0.0793. The average molecular weight is 349 g/mol. The number of nitrogens with zero attached hydrogens (tertiary/aromatic N) is 2. The Balaban J connectivity index is 2.05. The summed E-state index contributed by atoms with van der Waals surface area (Å²) in [6, 6.07) is 11.2. The molecule has 4 nitrogen and oxygen atoms in total. The van der Waals surface area contributed by atoms with E-state index in [9.17, 15) is 4.79 Å². The van der Waals surface area contributed by atoms with Gasteiger partial charge in [0.15, 0.2) is 0 Å². The van der Waals surface area contributed by atoms with Crippen LogP contribution >= 0.6 is 15.9 Å². The second kappa shape index (κ2) is 7.22. The number of likely N-dealkylation sites (N-methyl/N-ethyl adjacent to an activating group) is 1. The van der Waals surface area contributed by atoms with Gasteiger partial charge >= 0.3 is 0 Å². The van der Waals surface area contributed by atoms with Crippen molar-refractivity contribution in [3.05, 3.63) is 58.3 Å². The Labute approximate surface area is 132 Å². The summed E-state index contributed by atoms with van der Waals surface area (Å²) in [5.41, 5.74) is 1.53. The van der Waals surface area contributed by atoms with Crippen molar-refractivity contribution in [1.82, 2.24) is 9.88 Å². The molecule has 2 rings (SSSR count). The van der Waals surface area contributed by atoms with Crippen LogP contribution in [0.1, 0.15) is 16.1 Å². The van der Waals surface area contributed by atoms with Crippen molar-refractivity contribution in [2.45, 2.75) is 6.42 Å². The van der Waals surface area contributed by atoms with E-state index in [2.05, 4.69) is 20.9 Å². The number of carbonyl (C=O) groups is 1. The second-order valence-electron chi connectivity index (χ2n) is 4.64. The fourth-order valence-electron chi connectivity index (χ4n) is 1.98. The smallest absolute Gasteiger partial charge is 0.257 e. The molecule has 0 saturated carbocycles. The Kier molecular flexibility index (Phi) is 5.33. The lowest BCUT2D eigenvalue weighted by Crippen LogP contribution is -2.29.